The summed E-state index contributed by atoms with van der Waals surface area (Å²) in [6, 6.07) is 8.45. The fraction of sp³-hybridized carbons (Fsp3) is 0.292. The van der Waals surface area contributed by atoms with Gasteiger partial charge in [-0.2, -0.15) is 10.1 Å². The number of carbonyl (C=O) groups is 1. The van der Waals surface area contributed by atoms with Crippen LogP contribution < -0.4 is 29.6 Å². The Hall–Kier alpha value is -4.21. The van der Waals surface area contributed by atoms with Gasteiger partial charge in [0.15, 0.2) is 11.5 Å². The van der Waals surface area contributed by atoms with Crippen molar-refractivity contribution in [3.63, 3.8) is 0 Å². The number of ether oxygens (including phenoxy) is 4. The molecule has 0 aliphatic carbocycles. The molecule has 1 aromatic heterocycles. The summed E-state index contributed by atoms with van der Waals surface area (Å²) >= 11 is 0. The number of rotatable bonds is 7. The molecule has 178 valence electrons. The predicted molar refractivity (Wildman–Crippen MR) is 127 cm³/mol. The number of amides is 1. The molecule has 4 rings (SSSR count). The number of carbonyl (C=O) groups excluding carboxylic acids is 1. The molecule has 0 spiro atoms. The smallest absolute Gasteiger partial charge is 0.255 e. The fourth-order valence-electron chi connectivity index (χ4n) is 4.05. The number of methoxy groups -OCH3 is 4. The molecular formula is C24H27N5O5. The largest absolute Gasteiger partial charge is 0.496 e. The Bertz CT molecular complexity index is 1270. The molecule has 0 fully saturated rings. The summed E-state index contributed by atoms with van der Waals surface area (Å²) in [5.74, 6) is 2.25. The highest BCUT2D eigenvalue weighted by Gasteiger charge is 2.36. The lowest BCUT2D eigenvalue weighted by Crippen LogP contribution is -2.32. The van der Waals surface area contributed by atoms with Gasteiger partial charge in [-0.3, -0.25) is 4.79 Å². The minimum atomic E-state index is -0.649. The third-order valence-electron chi connectivity index (χ3n) is 5.67. The van der Waals surface area contributed by atoms with Gasteiger partial charge in [0, 0.05) is 17.3 Å². The second-order valence-corrected chi connectivity index (χ2v) is 7.70. The molecule has 1 aliphatic rings. The highest BCUT2D eigenvalue weighted by molar-refractivity contribution is 6.06. The Morgan fingerprint density at radius 2 is 1.62 bits per heavy atom. The zero-order valence-corrected chi connectivity index (χ0v) is 19.9. The molecule has 0 radical (unpaired) electrons. The van der Waals surface area contributed by atoms with Crippen molar-refractivity contribution in [2.24, 2.45) is 0 Å². The summed E-state index contributed by atoms with van der Waals surface area (Å²) in [6.07, 6.45) is 1.43. The fourth-order valence-corrected chi connectivity index (χ4v) is 4.05. The summed E-state index contributed by atoms with van der Waals surface area (Å²) < 4.78 is 23.7. The first-order chi connectivity index (χ1) is 16.4. The van der Waals surface area contributed by atoms with E-state index in [4.69, 9.17) is 18.9 Å². The van der Waals surface area contributed by atoms with Gasteiger partial charge in [-0.05, 0) is 37.6 Å². The van der Waals surface area contributed by atoms with Gasteiger partial charge < -0.3 is 29.6 Å². The molecule has 0 saturated heterocycles. The van der Waals surface area contributed by atoms with Crippen molar-refractivity contribution < 1.29 is 23.7 Å². The zero-order valence-electron chi connectivity index (χ0n) is 19.9. The van der Waals surface area contributed by atoms with E-state index in [9.17, 15) is 4.79 Å². The number of nitrogens with zero attached hydrogens (tertiary/aromatic N) is 3. The van der Waals surface area contributed by atoms with Gasteiger partial charge >= 0.3 is 0 Å². The minimum absolute atomic E-state index is 0.322. The molecule has 1 atom stereocenters. The van der Waals surface area contributed by atoms with Crippen LogP contribution in [0.1, 0.15) is 24.1 Å². The van der Waals surface area contributed by atoms with E-state index in [0.29, 0.717) is 51.5 Å². The lowest BCUT2D eigenvalue weighted by molar-refractivity contribution is -0.113. The average molecular weight is 466 g/mol. The van der Waals surface area contributed by atoms with Crippen LogP contribution in [0.4, 0.5) is 11.6 Å². The van der Waals surface area contributed by atoms with Crippen LogP contribution in [0, 0.1) is 6.92 Å². The number of nitrogens with one attached hydrogen (secondary N) is 2. The minimum Gasteiger partial charge on any atom is -0.496 e. The van der Waals surface area contributed by atoms with Gasteiger partial charge in [0.05, 0.1) is 39.7 Å². The molecule has 0 saturated carbocycles. The summed E-state index contributed by atoms with van der Waals surface area (Å²) in [5, 5.41) is 10.5. The molecule has 2 N–H and O–H groups in total. The molecule has 2 aromatic carbocycles. The van der Waals surface area contributed by atoms with Crippen molar-refractivity contribution in [3.8, 4) is 23.0 Å². The second kappa shape index (κ2) is 9.34. The van der Waals surface area contributed by atoms with Crippen LogP contribution >= 0.6 is 0 Å². The first-order valence-corrected chi connectivity index (χ1v) is 10.5. The van der Waals surface area contributed by atoms with Gasteiger partial charge in [0.2, 0.25) is 5.95 Å². The molecule has 3 aromatic rings. The van der Waals surface area contributed by atoms with Gasteiger partial charge in [0.25, 0.3) is 5.91 Å². The Morgan fingerprint density at radius 1 is 0.941 bits per heavy atom. The number of anilines is 2. The van der Waals surface area contributed by atoms with Crippen molar-refractivity contribution in [1.82, 2.24) is 14.8 Å². The van der Waals surface area contributed by atoms with Crippen molar-refractivity contribution in [3.05, 3.63) is 59.1 Å². The van der Waals surface area contributed by atoms with Crippen LogP contribution in [0.3, 0.4) is 0 Å². The maximum absolute atomic E-state index is 13.7. The van der Waals surface area contributed by atoms with Crippen LogP contribution in [0.25, 0.3) is 0 Å². The Labute approximate surface area is 197 Å². The summed E-state index contributed by atoms with van der Waals surface area (Å²) in [7, 11) is 6.22. The van der Waals surface area contributed by atoms with E-state index in [1.165, 1.54) is 6.33 Å². The number of aryl methyl sites for hydroxylation is 1. The molecule has 34 heavy (non-hydrogen) atoms. The van der Waals surface area contributed by atoms with Crippen molar-refractivity contribution in [2.45, 2.75) is 19.9 Å². The van der Waals surface area contributed by atoms with E-state index in [0.717, 1.165) is 5.56 Å². The first kappa shape index (κ1) is 23.0. The second-order valence-electron chi connectivity index (χ2n) is 7.70. The molecule has 10 heteroatoms. The number of benzene rings is 2. The van der Waals surface area contributed by atoms with Crippen LogP contribution in [-0.2, 0) is 4.79 Å². The molecule has 0 bridgehead atoms. The first-order valence-electron chi connectivity index (χ1n) is 10.5. The average Bonchev–Trinajstić information content (AvgIpc) is 3.30. The monoisotopic (exact) mass is 465 g/mol. The third kappa shape index (κ3) is 3.98. The van der Waals surface area contributed by atoms with Gasteiger partial charge in [-0.1, -0.05) is 6.07 Å². The topological polar surface area (TPSA) is 109 Å². The van der Waals surface area contributed by atoms with Crippen LogP contribution in [0.2, 0.25) is 0 Å². The third-order valence-corrected chi connectivity index (χ3v) is 5.67. The van der Waals surface area contributed by atoms with Crippen LogP contribution in [0.5, 0.6) is 23.0 Å². The number of hydrogen-bond acceptors (Lipinski definition) is 8. The van der Waals surface area contributed by atoms with Crippen LogP contribution in [-0.4, -0.2) is 49.1 Å². The normalized spacial score (nSPS) is 14.7. The van der Waals surface area contributed by atoms with Gasteiger partial charge in [-0.15, -0.1) is 0 Å². The van der Waals surface area contributed by atoms with Crippen molar-refractivity contribution in [1.29, 1.82) is 0 Å². The highest BCUT2D eigenvalue weighted by atomic mass is 16.5. The highest BCUT2D eigenvalue weighted by Crippen LogP contribution is 2.44. The van der Waals surface area contributed by atoms with Crippen LogP contribution in [0.15, 0.2) is 47.9 Å². The summed E-state index contributed by atoms with van der Waals surface area (Å²) in [6.45, 7) is 3.77. The SMILES string of the molecule is COc1ccc(C)cc1NC(=O)C1=C(C)Nc2ncnn2[C@@H]1c1cc(OC)c(OC)cc1OC. The van der Waals surface area contributed by atoms with E-state index in [1.54, 1.807) is 45.3 Å². The lowest BCUT2D eigenvalue weighted by atomic mass is 9.93. The Morgan fingerprint density at radius 3 is 2.29 bits per heavy atom. The quantitative estimate of drug-likeness (QED) is 0.545. The van der Waals surface area contributed by atoms with E-state index in [-0.39, 0.29) is 5.91 Å². The van der Waals surface area contributed by atoms with E-state index < -0.39 is 6.04 Å². The molecule has 0 unspecified atom stereocenters. The van der Waals surface area contributed by atoms with E-state index in [2.05, 4.69) is 20.7 Å². The molecular weight excluding hydrogens is 438 g/mol. The number of fused-ring (bicyclic) bond motifs is 1. The Balaban J connectivity index is 1.86. The van der Waals surface area contributed by atoms with E-state index >= 15 is 0 Å². The van der Waals surface area contributed by atoms with Gasteiger partial charge in [-0.25, -0.2) is 4.68 Å². The molecule has 1 amide bonds. The van der Waals surface area contributed by atoms with Gasteiger partial charge in [0.1, 0.15) is 23.9 Å². The van der Waals surface area contributed by atoms with Crippen molar-refractivity contribution in [2.75, 3.05) is 39.1 Å². The maximum Gasteiger partial charge on any atom is 0.255 e. The molecule has 10 nitrogen and oxygen atoms in total. The lowest BCUT2D eigenvalue weighted by Gasteiger charge is -2.30. The number of aromatic nitrogens is 3. The number of allylic oxidation sites excluding steroid dienone is 1. The van der Waals surface area contributed by atoms with E-state index in [1.807, 2.05) is 32.0 Å². The molecule has 1 aliphatic heterocycles. The predicted octanol–water partition coefficient (Wildman–Crippen LogP) is 3.55. The zero-order chi connectivity index (χ0) is 24.4. The number of hydrogen-bond donors (Lipinski definition) is 2. The molecule has 2 heterocycles. The summed E-state index contributed by atoms with van der Waals surface area (Å²) in [5.41, 5.74) is 3.28. The Kier molecular flexibility index (Phi) is 6.31. The standard InChI is InChI=1S/C24H27N5O5/c1-13-7-8-17(31-3)16(9-13)28-23(30)21-14(2)27-24-25-12-26-29(24)22(21)15-10-19(33-5)20(34-6)11-18(15)32-4/h7-12,22H,1-6H3,(H,28,30)(H,25,26,27)/t22-/m1/s1. The maximum atomic E-state index is 13.7. The summed E-state index contributed by atoms with van der Waals surface area (Å²) in [4.78, 5) is 18.0. The van der Waals surface area contributed by atoms with Crippen molar-refractivity contribution >= 4 is 17.5 Å².